The highest BCUT2D eigenvalue weighted by molar-refractivity contribution is 5.89. The lowest BCUT2D eigenvalue weighted by atomic mass is 10.1. The molecule has 2 aromatic rings. The summed E-state index contributed by atoms with van der Waals surface area (Å²) in [7, 11) is 0. The summed E-state index contributed by atoms with van der Waals surface area (Å²) in [5.74, 6) is 1.94. The van der Waals surface area contributed by atoms with Crippen LogP contribution in [0.1, 0.15) is 12.8 Å². The number of imidazole rings is 1. The number of hydrogen-bond donors (Lipinski definition) is 0. The van der Waals surface area contributed by atoms with Gasteiger partial charge in [0.2, 0.25) is 0 Å². The fraction of sp³-hybridized carbons (Fsp3) is 0.474. The van der Waals surface area contributed by atoms with Crippen LogP contribution in [0.3, 0.4) is 0 Å². The SMILES string of the molecule is O=C1OC[C@@H](CF)N1c1cn2c(n1)-c1ccc(N3CCCC3)cc1OCC2. The van der Waals surface area contributed by atoms with E-state index in [1.165, 1.54) is 17.7 Å². The minimum atomic E-state index is -0.660. The molecule has 1 atom stereocenters. The summed E-state index contributed by atoms with van der Waals surface area (Å²) in [6, 6.07) is 5.56. The Bertz CT molecular complexity index is 878. The Morgan fingerprint density at radius 2 is 2.04 bits per heavy atom. The molecule has 0 bridgehead atoms. The Morgan fingerprint density at radius 3 is 2.85 bits per heavy atom. The van der Waals surface area contributed by atoms with Crippen LogP contribution in [0.25, 0.3) is 11.4 Å². The van der Waals surface area contributed by atoms with Gasteiger partial charge in [0.25, 0.3) is 0 Å². The van der Waals surface area contributed by atoms with Gasteiger partial charge in [-0.15, -0.1) is 0 Å². The maximum Gasteiger partial charge on any atom is 0.416 e. The number of halogens is 1. The number of cyclic esters (lactones) is 1. The predicted molar refractivity (Wildman–Crippen MR) is 98.2 cm³/mol. The van der Waals surface area contributed by atoms with E-state index < -0.39 is 18.8 Å². The van der Waals surface area contributed by atoms with Gasteiger partial charge in [-0.05, 0) is 25.0 Å². The largest absolute Gasteiger partial charge is 0.491 e. The van der Waals surface area contributed by atoms with Crippen molar-refractivity contribution in [2.24, 2.45) is 0 Å². The van der Waals surface area contributed by atoms with E-state index in [-0.39, 0.29) is 6.61 Å². The third kappa shape index (κ3) is 2.70. The lowest BCUT2D eigenvalue weighted by Gasteiger charge is -2.19. The van der Waals surface area contributed by atoms with Crippen molar-refractivity contribution >= 4 is 17.6 Å². The van der Waals surface area contributed by atoms with E-state index >= 15 is 0 Å². The van der Waals surface area contributed by atoms with Gasteiger partial charge < -0.3 is 18.9 Å². The van der Waals surface area contributed by atoms with E-state index in [9.17, 15) is 9.18 Å². The molecule has 1 amide bonds. The quantitative estimate of drug-likeness (QED) is 0.829. The van der Waals surface area contributed by atoms with Crippen molar-refractivity contribution in [3.05, 3.63) is 24.4 Å². The number of rotatable bonds is 3. The second-order valence-corrected chi connectivity index (χ2v) is 7.09. The highest BCUT2D eigenvalue weighted by atomic mass is 19.1. The molecule has 1 aromatic carbocycles. The molecule has 0 aliphatic carbocycles. The first-order valence-corrected chi connectivity index (χ1v) is 9.36. The zero-order valence-corrected chi connectivity index (χ0v) is 14.9. The maximum absolute atomic E-state index is 13.3. The highest BCUT2D eigenvalue weighted by Crippen LogP contribution is 2.37. The van der Waals surface area contributed by atoms with Crippen molar-refractivity contribution in [1.82, 2.24) is 9.55 Å². The molecule has 0 N–H and O–H groups in total. The van der Waals surface area contributed by atoms with Gasteiger partial charge in [-0.3, -0.25) is 4.90 Å². The number of carbonyl (C=O) groups is 1. The van der Waals surface area contributed by atoms with Crippen LogP contribution < -0.4 is 14.5 Å². The van der Waals surface area contributed by atoms with Crippen molar-refractivity contribution in [2.75, 3.05) is 42.8 Å². The number of nitrogens with zero attached hydrogens (tertiary/aromatic N) is 4. The predicted octanol–water partition coefficient (Wildman–Crippen LogP) is 2.84. The lowest BCUT2D eigenvalue weighted by molar-refractivity contribution is 0.177. The molecule has 4 heterocycles. The van der Waals surface area contributed by atoms with Crippen LogP contribution in [-0.4, -0.2) is 54.7 Å². The molecule has 2 saturated heterocycles. The summed E-state index contributed by atoms with van der Waals surface area (Å²) < 4.78 is 26.2. The molecule has 3 aliphatic heterocycles. The second kappa shape index (κ2) is 6.44. The van der Waals surface area contributed by atoms with Crippen molar-refractivity contribution in [3.8, 4) is 17.1 Å². The first-order chi connectivity index (χ1) is 13.2. The number of fused-ring (bicyclic) bond motifs is 3. The second-order valence-electron chi connectivity index (χ2n) is 7.09. The first-order valence-electron chi connectivity index (χ1n) is 9.36. The van der Waals surface area contributed by atoms with Gasteiger partial charge in [-0.1, -0.05) is 0 Å². The third-order valence-corrected chi connectivity index (χ3v) is 5.42. The first kappa shape index (κ1) is 16.4. The van der Waals surface area contributed by atoms with Gasteiger partial charge in [0, 0.05) is 31.0 Å². The number of anilines is 2. The van der Waals surface area contributed by atoms with E-state index in [1.807, 2.05) is 10.6 Å². The normalized spacial score (nSPS) is 21.5. The van der Waals surface area contributed by atoms with E-state index in [4.69, 9.17) is 9.47 Å². The van der Waals surface area contributed by atoms with Crippen LogP contribution >= 0.6 is 0 Å². The van der Waals surface area contributed by atoms with E-state index in [1.54, 1.807) is 6.20 Å². The maximum atomic E-state index is 13.3. The smallest absolute Gasteiger partial charge is 0.416 e. The Kier molecular flexibility index (Phi) is 3.91. The minimum Gasteiger partial charge on any atom is -0.491 e. The third-order valence-electron chi connectivity index (χ3n) is 5.42. The Hall–Kier alpha value is -2.77. The summed E-state index contributed by atoms with van der Waals surface area (Å²) in [6.07, 6.45) is 3.66. The summed E-state index contributed by atoms with van der Waals surface area (Å²) in [4.78, 5) is 20.3. The zero-order chi connectivity index (χ0) is 18.4. The molecule has 1 aromatic heterocycles. The standard InChI is InChI=1S/C19H21FN4O3/c20-10-14-12-27-19(25)24(14)17-11-23-7-8-26-16-9-13(22-5-1-2-6-22)3-4-15(16)18(23)21-17/h3-4,9,11,14H,1-2,5-8,10,12H2/t14-/m1/s1. The van der Waals surface area contributed by atoms with Gasteiger partial charge in [-0.25, -0.2) is 14.2 Å². The number of amides is 1. The van der Waals surface area contributed by atoms with Gasteiger partial charge >= 0.3 is 6.09 Å². The van der Waals surface area contributed by atoms with Gasteiger partial charge in [0.05, 0.1) is 12.1 Å². The molecule has 7 nitrogen and oxygen atoms in total. The van der Waals surface area contributed by atoms with E-state index in [2.05, 4.69) is 22.0 Å². The average Bonchev–Trinajstić information content (AvgIpc) is 3.40. The summed E-state index contributed by atoms with van der Waals surface area (Å²) in [6.45, 7) is 2.65. The molecular weight excluding hydrogens is 351 g/mol. The summed E-state index contributed by atoms with van der Waals surface area (Å²) in [5, 5.41) is 0. The van der Waals surface area contributed by atoms with Crippen molar-refractivity contribution < 1.29 is 18.7 Å². The topological polar surface area (TPSA) is 59.8 Å². The number of ether oxygens (including phenoxy) is 2. The van der Waals surface area contributed by atoms with Gasteiger partial charge in [-0.2, -0.15) is 0 Å². The molecule has 0 radical (unpaired) electrons. The van der Waals surface area contributed by atoms with Gasteiger partial charge in [0.1, 0.15) is 37.5 Å². The molecule has 2 fully saturated rings. The van der Waals surface area contributed by atoms with Crippen LogP contribution in [0.15, 0.2) is 24.4 Å². The zero-order valence-electron chi connectivity index (χ0n) is 14.9. The van der Waals surface area contributed by atoms with E-state index in [0.717, 1.165) is 35.9 Å². The van der Waals surface area contributed by atoms with Crippen LogP contribution in [0.4, 0.5) is 20.7 Å². The molecule has 0 unspecified atom stereocenters. The summed E-state index contributed by atoms with van der Waals surface area (Å²) >= 11 is 0. The van der Waals surface area contributed by atoms with Crippen molar-refractivity contribution in [1.29, 1.82) is 0 Å². The number of carbonyl (C=O) groups excluding carboxylic acids is 1. The Labute approximate surface area is 156 Å². The molecule has 142 valence electrons. The van der Waals surface area contributed by atoms with Crippen LogP contribution in [0, 0.1) is 0 Å². The average molecular weight is 372 g/mol. The molecule has 0 spiro atoms. The molecule has 5 rings (SSSR count). The van der Waals surface area contributed by atoms with Gasteiger partial charge in [0.15, 0.2) is 5.82 Å². The summed E-state index contributed by atoms with van der Waals surface area (Å²) in [5.41, 5.74) is 2.04. The fourth-order valence-electron chi connectivity index (χ4n) is 4.00. The molecule has 8 heteroatoms. The molecule has 3 aliphatic rings. The minimum absolute atomic E-state index is 0.0520. The molecule has 27 heavy (non-hydrogen) atoms. The Morgan fingerprint density at radius 1 is 1.19 bits per heavy atom. The number of alkyl halides is 1. The van der Waals surface area contributed by atoms with Crippen LogP contribution in [-0.2, 0) is 11.3 Å². The number of hydrogen-bond acceptors (Lipinski definition) is 5. The van der Waals surface area contributed by atoms with E-state index in [0.29, 0.717) is 19.0 Å². The number of aromatic nitrogens is 2. The lowest BCUT2D eigenvalue weighted by Crippen LogP contribution is -2.35. The molecular formula is C19H21FN4O3. The van der Waals surface area contributed by atoms with Crippen molar-refractivity contribution in [2.45, 2.75) is 25.4 Å². The number of benzene rings is 1. The fourth-order valence-corrected chi connectivity index (χ4v) is 4.00. The van der Waals surface area contributed by atoms with Crippen LogP contribution in [0.5, 0.6) is 5.75 Å². The van der Waals surface area contributed by atoms with Crippen molar-refractivity contribution in [3.63, 3.8) is 0 Å². The highest BCUT2D eigenvalue weighted by Gasteiger charge is 2.36. The monoisotopic (exact) mass is 372 g/mol. The molecule has 0 saturated carbocycles. The Balaban J connectivity index is 1.53. The van der Waals surface area contributed by atoms with Crippen LogP contribution in [0.2, 0.25) is 0 Å².